The minimum Gasteiger partial charge on any atom is -0.334 e. The monoisotopic (exact) mass is 219 g/mol. The van der Waals surface area contributed by atoms with E-state index in [4.69, 9.17) is 5.26 Å². The number of aromatic nitrogens is 2. The number of carbonyl (C=O) groups excluding carboxylic acids is 1. The molecule has 84 valence electrons. The molecule has 6 heteroatoms. The maximum atomic E-state index is 11.5. The van der Waals surface area contributed by atoms with Gasteiger partial charge in [-0.05, 0) is 18.6 Å². The van der Waals surface area contributed by atoms with Gasteiger partial charge in [0.1, 0.15) is 0 Å². The summed E-state index contributed by atoms with van der Waals surface area (Å²) in [5.74, 6) is 0.381. The Morgan fingerprint density at radius 3 is 3.06 bits per heavy atom. The van der Waals surface area contributed by atoms with Gasteiger partial charge in [-0.3, -0.25) is 5.32 Å². The van der Waals surface area contributed by atoms with Gasteiger partial charge in [-0.2, -0.15) is 10.4 Å². The lowest BCUT2D eigenvalue weighted by atomic mass is 10.2. The number of anilines is 1. The number of nitrogens with one attached hydrogen (secondary N) is 2. The fourth-order valence-electron chi connectivity index (χ4n) is 1.11. The van der Waals surface area contributed by atoms with Gasteiger partial charge in [0.2, 0.25) is 0 Å². The Morgan fingerprint density at radius 1 is 1.69 bits per heavy atom. The molecule has 0 aliphatic heterocycles. The summed E-state index contributed by atoms with van der Waals surface area (Å²) in [7, 11) is 0. The normalized spacial score (nSPS) is 11.2. The van der Waals surface area contributed by atoms with Gasteiger partial charge in [0.25, 0.3) is 0 Å². The average molecular weight is 219 g/mol. The first-order valence-corrected chi connectivity index (χ1v) is 4.98. The Kier molecular flexibility index (Phi) is 4.73. The van der Waals surface area contributed by atoms with E-state index in [1.54, 1.807) is 12.1 Å². The summed E-state index contributed by atoms with van der Waals surface area (Å²) < 4.78 is 0. The van der Waals surface area contributed by atoms with E-state index < -0.39 is 0 Å². The van der Waals surface area contributed by atoms with Gasteiger partial charge in [0, 0.05) is 12.2 Å². The lowest BCUT2D eigenvalue weighted by molar-refractivity contribution is 0.248. The molecule has 0 radical (unpaired) electrons. The second-order valence-corrected chi connectivity index (χ2v) is 3.17. The third-order valence-electron chi connectivity index (χ3n) is 1.98. The predicted octanol–water partition coefficient (Wildman–Crippen LogP) is 1.29. The van der Waals surface area contributed by atoms with Crippen LogP contribution in [0.25, 0.3) is 0 Å². The van der Waals surface area contributed by atoms with Gasteiger partial charge in [0.15, 0.2) is 5.82 Å². The molecular formula is C10H13N5O. The van der Waals surface area contributed by atoms with E-state index in [0.717, 1.165) is 0 Å². The molecule has 1 aromatic heterocycles. The standard InChI is InChI=1S/C10H13N5O/c1-2-8(5-6-11)13-10(16)14-9-4-3-7-12-15-9/h3-4,7-8H,2,5H2,1H3,(H2,13,14,15,16). The fraction of sp³-hybridized carbons (Fsp3) is 0.400. The first kappa shape index (κ1) is 11.9. The minimum atomic E-state index is -0.373. The molecule has 0 saturated carbocycles. The second-order valence-electron chi connectivity index (χ2n) is 3.17. The lowest BCUT2D eigenvalue weighted by Gasteiger charge is -2.13. The van der Waals surface area contributed by atoms with E-state index >= 15 is 0 Å². The third kappa shape index (κ3) is 3.92. The van der Waals surface area contributed by atoms with Crippen LogP contribution in [0.3, 0.4) is 0 Å². The van der Waals surface area contributed by atoms with E-state index in [0.29, 0.717) is 18.7 Å². The molecule has 16 heavy (non-hydrogen) atoms. The molecular weight excluding hydrogens is 206 g/mol. The summed E-state index contributed by atoms with van der Waals surface area (Å²) in [5, 5.41) is 21.1. The topological polar surface area (TPSA) is 90.7 Å². The van der Waals surface area contributed by atoms with E-state index in [2.05, 4.69) is 20.8 Å². The molecule has 1 aromatic rings. The Morgan fingerprint density at radius 2 is 2.50 bits per heavy atom. The van der Waals surface area contributed by atoms with Crippen LogP contribution < -0.4 is 10.6 Å². The molecule has 0 bridgehead atoms. The molecule has 0 spiro atoms. The first-order valence-electron chi connectivity index (χ1n) is 4.98. The smallest absolute Gasteiger partial charge is 0.320 e. The molecule has 0 aliphatic rings. The van der Waals surface area contributed by atoms with Crippen LogP contribution in [0.5, 0.6) is 0 Å². The summed E-state index contributed by atoms with van der Waals surface area (Å²) >= 11 is 0. The Labute approximate surface area is 93.7 Å². The zero-order valence-electron chi connectivity index (χ0n) is 8.97. The van der Waals surface area contributed by atoms with Crippen molar-refractivity contribution in [3.05, 3.63) is 18.3 Å². The Bertz CT molecular complexity index is 373. The number of nitrogens with zero attached hydrogens (tertiary/aromatic N) is 3. The first-order chi connectivity index (χ1) is 7.76. The minimum absolute atomic E-state index is 0.137. The molecule has 0 saturated heterocycles. The van der Waals surface area contributed by atoms with Crippen LogP contribution in [0, 0.1) is 11.3 Å². The summed E-state index contributed by atoms with van der Waals surface area (Å²) in [4.78, 5) is 11.5. The number of nitriles is 1. The largest absolute Gasteiger partial charge is 0.334 e. The molecule has 2 amide bonds. The van der Waals surface area contributed by atoms with Crippen molar-refractivity contribution in [2.24, 2.45) is 0 Å². The van der Waals surface area contributed by atoms with E-state index in [1.807, 2.05) is 13.0 Å². The number of amides is 2. The van der Waals surface area contributed by atoms with Gasteiger partial charge in [-0.1, -0.05) is 6.92 Å². The molecule has 6 nitrogen and oxygen atoms in total. The zero-order chi connectivity index (χ0) is 11.8. The van der Waals surface area contributed by atoms with Crippen molar-refractivity contribution in [3.8, 4) is 6.07 Å². The highest BCUT2D eigenvalue weighted by Gasteiger charge is 2.09. The number of urea groups is 1. The number of hydrogen-bond acceptors (Lipinski definition) is 4. The van der Waals surface area contributed by atoms with Crippen molar-refractivity contribution in [2.45, 2.75) is 25.8 Å². The van der Waals surface area contributed by atoms with Crippen molar-refractivity contribution in [1.29, 1.82) is 5.26 Å². The van der Waals surface area contributed by atoms with Crippen molar-refractivity contribution in [1.82, 2.24) is 15.5 Å². The highest BCUT2D eigenvalue weighted by atomic mass is 16.2. The van der Waals surface area contributed by atoms with Gasteiger partial charge in [-0.25, -0.2) is 4.79 Å². The maximum absolute atomic E-state index is 11.5. The molecule has 0 aromatic carbocycles. The van der Waals surface area contributed by atoms with Crippen molar-refractivity contribution in [3.63, 3.8) is 0 Å². The van der Waals surface area contributed by atoms with Gasteiger partial charge in [-0.15, -0.1) is 5.10 Å². The lowest BCUT2D eigenvalue weighted by Crippen LogP contribution is -2.37. The van der Waals surface area contributed by atoms with Gasteiger partial charge < -0.3 is 5.32 Å². The fourth-order valence-corrected chi connectivity index (χ4v) is 1.11. The zero-order valence-corrected chi connectivity index (χ0v) is 8.97. The number of rotatable bonds is 4. The van der Waals surface area contributed by atoms with Crippen molar-refractivity contribution < 1.29 is 4.79 Å². The van der Waals surface area contributed by atoms with Crippen LogP contribution >= 0.6 is 0 Å². The SMILES string of the molecule is CCC(CC#N)NC(=O)Nc1cccnn1. The Balaban J connectivity index is 2.44. The Hall–Kier alpha value is -2.16. The van der Waals surface area contributed by atoms with Crippen LogP contribution in [0.2, 0.25) is 0 Å². The molecule has 1 atom stereocenters. The van der Waals surface area contributed by atoms with Crippen LogP contribution in [0.4, 0.5) is 10.6 Å². The molecule has 0 aliphatic carbocycles. The second kappa shape index (κ2) is 6.35. The predicted molar refractivity (Wildman–Crippen MR) is 58.5 cm³/mol. The summed E-state index contributed by atoms with van der Waals surface area (Å²) in [5.41, 5.74) is 0. The summed E-state index contributed by atoms with van der Waals surface area (Å²) in [6.07, 6.45) is 2.53. The van der Waals surface area contributed by atoms with Crippen molar-refractivity contribution >= 4 is 11.8 Å². The highest BCUT2D eigenvalue weighted by molar-refractivity contribution is 5.88. The molecule has 2 N–H and O–H groups in total. The van der Waals surface area contributed by atoms with Crippen LogP contribution in [-0.2, 0) is 0 Å². The molecule has 1 heterocycles. The van der Waals surface area contributed by atoms with E-state index in [-0.39, 0.29) is 12.1 Å². The van der Waals surface area contributed by atoms with Crippen LogP contribution in [0.1, 0.15) is 19.8 Å². The molecule has 1 unspecified atom stereocenters. The number of carbonyl (C=O) groups is 1. The average Bonchev–Trinajstić information content (AvgIpc) is 2.29. The number of hydrogen-bond donors (Lipinski definition) is 2. The van der Waals surface area contributed by atoms with Crippen LogP contribution in [-0.4, -0.2) is 22.3 Å². The van der Waals surface area contributed by atoms with Gasteiger partial charge >= 0.3 is 6.03 Å². The van der Waals surface area contributed by atoms with E-state index in [9.17, 15) is 4.79 Å². The molecule has 1 rings (SSSR count). The summed E-state index contributed by atoms with van der Waals surface area (Å²) in [6.45, 7) is 1.91. The van der Waals surface area contributed by atoms with Crippen molar-refractivity contribution in [2.75, 3.05) is 5.32 Å². The van der Waals surface area contributed by atoms with Crippen LogP contribution in [0.15, 0.2) is 18.3 Å². The maximum Gasteiger partial charge on any atom is 0.320 e. The summed E-state index contributed by atoms with van der Waals surface area (Å²) in [6, 6.07) is 4.82. The highest BCUT2D eigenvalue weighted by Crippen LogP contribution is 2.00. The van der Waals surface area contributed by atoms with Gasteiger partial charge in [0.05, 0.1) is 12.5 Å². The quantitative estimate of drug-likeness (QED) is 0.798. The molecule has 0 fully saturated rings. The van der Waals surface area contributed by atoms with E-state index in [1.165, 1.54) is 6.20 Å². The third-order valence-corrected chi connectivity index (χ3v) is 1.98.